The van der Waals surface area contributed by atoms with E-state index in [-0.39, 0.29) is 0 Å². The second-order valence-corrected chi connectivity index (χ2v) is 6.58. The number of rotatable bonds is 3. The summed E-state index contributed by atoms with van der Waals surface area (Å²) in [7, 11) is 0. The molecular weight excluding hydrogens is 208 g/mol. The first-order valence-electron chi connectivity index (χ1n) is 7.59. The monoisotopic (exact) mass is 238 g/mol. The van der Waals surface area contributed by atoms with E-state index in [1.165, 1.54) is 58.4 Å². The van der Waals surface area contributed by atoms with Crippen LogP contribution in [0.2, 0.25) is 0 Å². The standard InChI is InChI=1S/C15H30N2/c1-4-17-9-6-15(7-10-17)5-8-16-12-14(15)11-13(2)3/h13-14,16H,4-12H2,1-3H3. The zero-order valence-electron chi connectivity index (χ0n) is 12.0. The normalized spacial score (nSPS) is 30.0. The predicted molar refractivity (Wildman–Crippen MR) is 74.2 cm³/mol. The molecule has 2 saturated heterocycles. The van der Waals surface area contributed by atoms with Crippen molar-refractivity contribution in [3.8, 4) is 0 Å². The highest BCUT2D eigenvalue weighted by molar-refractivity contribution is 4.95. The number of likely N-dealkylation sites (tertiary alicyclic amines) is 1. The van der Waals surface area contributed by atoms with E-state index in [0.29, 0.717) is 5.41 Å². The van der Waals surface area contributed by atoms with Crippen molar-refractivity contribution in [2.24, 2.45) is 17.3 Å². The van der Waals surface area contributed by atoms with Crippen molar-refractivity contribution >= 4 is 0 Å². The quantitative estimate of drug-likeness (QED) is 0.813. The molecule has 2 aliphatic heterocycles. The summed E-state index contributed by atoms with van der Waals surface area (Å²) in [4.78, 5) is 2.62. The van der Waals surface area contributed by atoms with Gasteiger partial charge in [-0.2, -0.15) is 0 Å². The molecule has 0 aromatic heterocycles. The van der Waals surface area contributed by atoms with Crippen LogP contribution in [0.5, 0.6) is 0 Å². The first kappa shape index (κ1) is 13.4. The van der Waals surface area contributed by atoms with E-state index in [2.05, 4.69) is 31.0 Å². The fourth-order valence-corrected chi connectivity index (χ4v) is 3.91. The van der Waals surface area contributed by atoms with Crippen LogP contribution < -0.4 is 5.32 Å². The first-order valence-corrected chi connectivity index (χ1v) is 7.59. The lowest BCUT2D eigenvalue weighted by molar-refractivity contribution is 0.0147. The van der Waals surface area contributed by atoms with E-state index in [4.69, 9.17) is 0 Å². The van der Waals surface area contributed by atoms with Crippen LogP contribution in [0.4, 0.5) is 0 Å². The molecule has 2 nitrogen and oxygen atoms in total. The third-order valence-corrected chi connectivity index (χ3v) is 5.11. The summed E-state index contributed by atoms with van der Waals surface area (Å²) in [6.07, 6.45) is 5.72. The summed E-state index contributed by atoms with van der Waals surface area (Å²) < 4.78 is 0. The Balaban J connectivity index is 1.99. The fourth-order valence-electron chi connectivity index (χ4n) is 3.91. The Hall–Kier alpha value is -0.0800. The van der Waals surface area contributed by atoms with Crippen LogP contribution in [0.1, 0.15) is 46.5 Å². The van der Waals surface area contributed by atoms with E-state index in [0.717, 1.165) is 11.8 Å². The minimum atomic E-state index is 0.682. The number of piperidine rings is 2. The van der Waals surface area contributed by atoms with Crippen LogP contribution >= 0.6 is 0 Å². The van der Waals surface area contributed by atoms with Gasteiger partial charge in [0.1, 0.15) is 0 Å². The van der Waals surface area contributed by atoms with Gasteiger partial charge in [0.25, 0.3) is 0 Å². The molecular formula is C15H30N2. The van der Waals surface area contributed by atoms with Crippen LogP contribution in [-0.4, -0.2) is 37.6 Å². The second kappa shape index (κ2) is 5.71. The highest BCUT2D eigenvalue weighted by Gasteiger charge is 2.42. The maximum atomic E-state index is 3.62. The van der Waals surface area contributed by atoms with E-state index in [9.17, 15) is 0 Å². The summed E-state index contributed by atoms with van der Waals surface area (Å²) in [5.41, 5.74) is 0.682. The lowest BCUT2D eigenvalue weighted by Crippen LogP contribution is -2.51. The lowest BCUT2D eigenvalue weighted by atomic mass is 9.63. The molecule has 0 aliphatic carbocycles. The molecule has 2 rings (SSSR count). The molecule has 0 aromatic carbocycles. The molecule has 2 heteroatoms. The lowest BCUT2D eigenvalue weighted by Gasteiger charge is -2.50. The van der Waals surface area contributed by atoms with E-state index in [1.807, 2.05) is 0 Å². The summed E-state index contributed by atoms with van der Waals surface area (Å²) >= 11 is 0. The Labute approximate surface area is 107 Å². The summed E-state index contributed by atoms with van der Waals surface area (Å²) in [5, 5.41) is 3.62. The summed E-state index contributed by atoms with van der Waals surface area (Å²) in [6, 6.07) is 0. The van der Waals surface area contributed by atoms with Gasteiger partial charge in [0.15, 0.2) is 0 Å². The van der Waals surface area contributed by atoms with E-state index in [1.54, 1.807) is 0 Å². The van der Waals surface area contributed by atoms with E-state index >= 15 is 0 Å². The molecule has 0 saturated carbocycles. The van der Waals surface area contributed by atoms with Gasteiger partial charge in [-0.3, -0.25) is 0 Å². The van der Waals surface area contributed by atoms with E-state index < -0.39 is 0 Å². The number of hydrogen-bond acceptors (Lipinski definition) is 2. The Kier molecular flexibility index (Phi) is 4.48. The average molecular weight is 238 g/mol. The van der Waals surface area contributed by atoms with Crippen LogP contribution in [0, 0.1) is 17.3 Å². The molecule has 17 heavy (non-hydrogen) atoms. The number of nitrogens with zero attached hydrogens (tertiary/aromatic N) is 1. The summed E-state index contributed by atoms with van der Waals surface area (Å²) in [6.45, 7) is 13.5. The van der Waals surface area contributed by atoms with Crippen molar-refractivity contribution in [1.82, 2.24) is 10.2 Å². The minimum absolute atomic E-state index is 0.682. The second-order valence-electron chi connectivity index (χ2n) is 6.58. The Morgan fingerprint density at radius 1 is 1.24 bits per heavy atom. The average Bonchev–Trinajstić information content (AvgIpc) is 2.33. The highest BCUT2D eigenvalue weighted by atomic mass is 15.1. The van der Waals surface area contributed by atoms with Gasteiger partial charge in [0.2, 0.25) is 0 Å². The van der Waals surface area contributed by atoms with Crippen molar-refractivity contribution in [3.05, 3.63) is 0 Å². The van der Waals surface area contributed by atoms with Gasteiger partial charge in [0, 0.05) is 0 Å². The highest BCUT2D eigenvalue weighted by Crippen LogP contribution is 2.45. The Bertz CT molecular complexity index is 229. The topological polar surface area (TPSA) is 15.3 Å². The SMILES string of the molecule is CCN1CCC2(CCNCC2CC(C)C)CC1. The van der Waals surface area contributed by atoms with Gasteiger partial charge in [-0.1, -0.05) is 20.8 Å². The van der Waals surface area contributed by atoms with Crippen LogP contribution in [-0.2, 0) is 0 Å². The third kappa shape index (κ3) is 3.03. The number of hydrogen-bond donors (Lipinski definition) is 1. The van der Waals surface area contributed by atoms with Crippen molar-refractivity contribution in [1.29, 1.82) is 0 Å². The van der Waals surface area contributed by atoms with Gasteiger partial charge in [-0.15, -0.1) is 0 Å². The van der Waals surface area contributed by atoms with Crippen LogP contribution in [0.25, 0.3) is 0 Å². The molecule has 0 aromatic rings. The molecule has 0 radical (unpaired) electrons. The van der Waals surface area contributed by atoms with Crippen LogP contribution in [0.3, 0.4) is 0 Å². The van der Waals surface area contributed by atoms with Gasteiger partial charge in [-0.25, -0.2) is 0 Å². The Morgan fingerprint density at radius 2 is 1.94 bits per heavy atom. The molecule has 0 bridgehead atoms. The van der Waals surface area contributed by atoms with Crippen molar-refractivity contribution in [2.75, 3.05) is 32.7 Å². The predicted octanol–water partition coefficient (Wildman–Crippen LogP) is 2.74. The maximum Gasteiger partial charge on any atom is -0.00134 e. The van der Waals surface area contributed by atoms with Crippen molar-refractivity contribution in [3.63, 3.8) is 0 Å². The number of nitrogens with one attached hydrogen (secondary N) is 1. The molecule has 1 unspecified atom stereocenters. The van der Waals surface area contributed by atoms with Gasteiger partial charge in [-0.05, 0) is 75.7 Å². The van der Waals surface area contributed by atoms with Crippen molar-refractivity contribution in [2.45, 2.75) is 46.5 Å². The Morgan fingerprint density at radius 3 is 2.53 bits per heavy atom. The smallest absolute Gasteiger partial charge is 0.00134 e. The molecule has 1 atom stereocenters. The zero-order chi connectivity index (χ0) is 12.3. The van der Waals surface area contributed by atoms with Gasteiger partial charge < -0.3 is 10.2 Å². The molecule has 100 valence electrons. The molecule has 2 aliphatic rings. The van der Waals surface area contributed by atoms with Gasteiger partial charge in [0.05, 0.1) is 0 Å². The molecule has 1 N–H and O–H groups in total. The third-order valence-electron chi connectivity index (χ3n) is 5.11. The molecule has 1 spiro atoms. The largest absolute Gasteiger partial charge is 0.316 e. The fraction of sp³-hybridized carbons (Fsp3) is 1.00. The summed E-state index contributed by atoms with van der Waals surface area (Å²) in [5.74, 6) is 1.77. The zero-order valence-corrected chi connectivity index (χ0v) is 12.0. The van der Waals surface area contributed by atoms with Crippen LogP contribution in [0.15, 0.2) is 0 Å². The minimum Gasteiger partial charge on any atom is -0.316 e. The molecule has 2 fully saturated rings. The molecule has 2 heterocycles. The van der Waals surface area contributed by atoms with Gasteiger partial charge >= 0.3 is 0 Å². The van der Waals surface area contributed by atoms with Crippen molar-refractivity contribution < 1.29 is 0 Å². The maximum absolute atomic E-state index is 3.62. The first-order chi connectivity index (χ1) is 8.16. The molecule has 0 amide bonds.